The van der Waals surface area contributed by atoms with Gasteiger partial charge in [-0.1, -0.05) is 30.3 Å². The summed E-state index contributed by atoms with van der Waals surface area (Å²) in [6.07, 6.45) is 1.56. The minimum atomic E-state index is -0.474. The number of carbonyl (C=O) groups is 2. The third-order valence-electron chi connectivity index (χ3n) is 5.79. The molecule has 1 saturated heterocycles. The molecule has 9 heteroatoms. The van der Waals surface area contributed by atoms with Crippen molar-refractivity contribution in [3.8, 4) is 5.75 Å². The number of nitro groups is 1. The second-order valence-corrected chi connectivity index (χ2v) is 7.80. The van der Waals surface area contributed by atoms with Crippen LogP contribution < -0.4 is 10.1 Å². The number of aromatic nitrogens is 1. The number of benzene rings is 2. The molecule has 2 heterocycles. The lowest BCUT2D eigenvalue weighted by Gasteiger charge is -2.32. The Morgan fingerprint density at radius 1 is 1.19 bits per heavy atom. The van der Waals surface area contributed by atoms with Gasteiger partial charge >= 0.3 is 0 Å². The maximum atomic E-state index is 12.7. The Bertz CT molecular complexity index is 1160. The van der Waals surface area contributed by atoms with Crippen molar-refractivity contribution < 1.29 is 19.2 Å². The minimum absolute atomic E-state index is 0.0298. The summed E-state index contributed by atoms with van der Waals surface area (Å²) >= 11 is 0. The van der Waals surface area contributed by atoms with Gasteiger partial charge in [0.25, 0.3) is 11.6 Å². The standard InChI is InChI=1S/C23H24N4O5/c1-32-20-8-3-2-5-15(20)14-21(28)26-11-9-17(10-12-26)24-23(29)18-13-16-6-4-7-19(27(30)31)22(16)25-18/h2-8,13,17,25H,9-12,14H2,1H3,(H,24,29). The number of aromatic amines is 1. The summed E-state index contributed by atoms with van der Waals surface area (Å²) in [5.41, 5.74) is 1.40. The summed E-state index contributed by atoms with van der Waals surface area (Å²) < 4.78 is 5.32. The molecule has 0 saturated carbocycles. The van der Waals surface area contributed by atoms with Gasteiger partial charge in [-0.15, -0.1) is 0 Å². The summed E-state index contributed by atoms with van der Waals surface area (Å²) in [6.45, 7) is 1.11. The molecule has 166 valence electrons. The normalized spacial score (nSPS) is 14.3. The van der Waals surface area contributed by atoms with E-state index in [-0.39, 0.29) is 35.7 Å². The van der Waals surface area contributed by atoms with Gasteiger partial charge in [-0.25, -0.2) is 0 Å². The maximum absolute atomic E-state index is 12.7. The number of rotatable bonds is 6. The Balaban J connectivity index is 1.34. The number of amides is 2. The van der Waals surface area contributed by atoms with E-state index in [4.69, 9.17) is 4.74 Å². The number of nitro benzene ring substituents is 1. The number of fused-ring (bicyclic) bond motifs is 1. The average Bonchev–Trinajstić information content (AvgIpc) is 3.24. The second-order valence-electron chi connectivity index (χ2n) is 7.80. The largest absolute Gasteiger partial charge is 0.496 e. The molecular formula is C23H24N4O5. The molecule has 0 unspecified atom stereocenters. The van der Waals surface area contributed by atoms with Crippen LogP contribution in [0.2, 0.25) is 0 Å². The van der Waals surface area contributed by atoms with Gasteiger partial charge < -0.3 is 19.9 Å². The van der Waals surface area contributed by atoms with Gasteiger partial charge in [-0.05, 0) is 25.0 Å². The highest BCUT2D eigenvalue weighted by Gasteiger charge is 2.25. The molecule has 1 aliphatic heterocycles. The molecular weight excluding hydrogens is 412 g/mol. The molecule has 9 nitrogen and oxygen atoms in total. The monoisotopic (exact) mass is 436 g/mol. The third kappa shape index (κ3) is 4.41. The van der Waals surface area contributed by atoms with Crippen LogP contribution in [-0.2, 0) is 11.2 Å². The third-order valence-corrected chi connectivity index (χ3v) is 5.79. The number of H-pyrrole nitrogens is 1. The quantitative estimate of drug-likeness (QED) is 0.455. The SMILES string of the molecule is COc1ccccc1CC(=O)N1CCC(NC(=O)c2cc3cccc([N+](=O)[O-])c3[nH]2)CC1. The first kappa shape index (κ1) is 21.4. The van der Waals surface area contributed by atoms with Crippen molar-refractivity contribution >= 4 is 28.4 Å². The molecule has 0 aliphatic carbocycles. The van der Waals surface area contributed by atoms with Crippen molar-refractivity contribution in [1.82, 2.24) is 15.2 Å². The minimum Gasteiger partial charge on any atom is -0.496 e. The summed E-state index contributed by atoms with van der Waals surface area (Å²) in [5.74, 6) is 0.415. The van der Waals surface area contributed by atoms with Crippen LogP contribution in [0.25, 0.3) is 10.9 Å². The number of nitrogens with zero attached hydrogens (tertiary/aromatic N) is 2. The second kappa shape index (κ2) is 9.09. The number of likely N-dealkylation sites (tertiary alicyclic amines) is 1. The maximum Gasteiger partial charge on any atom is 0.293 e. The fourth-order valence-electron chi connectivity index (χ4n) is 4.07. The van der Waals surface area contributed by atoms with Gasteiger partial charge in [-0.3, -0.25) is 19.7 Å². The Morgan fingerprint density at radius 3 is 2.66 bits per heavy atom. The Labute approximate surface area is 184 Å². The van der Waals surface area contributed by atoms with Gasteiger partial charge in [0, 0.05) is 36.1 Å². The lowest BCUT2D eigenvalue weighted by atomic mass is 10.0. The van der Waals surface area contributed by atoms with Gasteiger partial charge in [0.1, 0.15) is 17.0 Å². The zero-order valence-electron chi connectivity index (χ0n) is 17.7. The van der Waals surface area contributed by atoms with Crippen LogP contribution in [-0.4, -0.2) is 52.9 Å². The summed E-state index contributed by atoms with van der Waals surface area (Å²) in [6, 6.07) is 13.7. The highest BCUT2D eigenvalue weighted by Crippen LogP contribution is 2.25. The molecule has 1 aliphatic rings. The molecule has 1 aromatic heterocycles. The number of piperidine rings is 1. The zero-order valence-corrected chi connectivity index (χ0v) is 17.7. The molecule has 0 radical (unpaired) electrons. The number of hydrogen-bond acceptors (Lipinski definition) is 5. The lowest BCUT2D eigenvalue weighted by Crippen LogP contribution is -2.47. The van der Waals surface area contributed by atoms with Crippen LogP contribution in [0.4, 0.5) is 5.69 Å². The van der Waals surface area contributed by atoms with Crippen LogP contribution in [0.1, 0.15) is 28.9 Å². The highest BCUT2D eigenvalue weighted by molar-refractivity contribution is 6.00. The molecule has 2 amide bonds. The molecule has 2 N–H and O–H groups in total. The molecule has 0 spiro atoms. The van der Waals surface area contributed by atoms with Crippen molar-refractivity contribution in [3.63, 3.8) is 0 Å². The first-order valence-electron chi connectivity index (χ1n) is 10.4. The van der Waals surface area contributed by atoms with Gasteiger partial charge in [0.05, 0.1) is 18.5 Å². The number of nitrogens with one attached hydrogen (secondary N) is 2. The number of hydrogen-bond donors (Lipinski definition) is 2. The zero-order chi connectivity index (χ0) is 22.7. The van der Waals surface area contributed by atoms with E-state index in [1.54, 1.807) is 30.2 Å². The average molecular weight is 436 g/mol. The van der Waals surface area contributed by atoms with Crippen molar-refractivity contribution in [2.45, 2.75) is 25.3 Å². The van der Waals surface area contributed by atoms with Crippen molar-refractivity contribution in [2.24, 2.45) is 0 Å². The summed E-state index contributed by atoms with van der Waals surface area (Å²) in [4.78, 5) is 40.8. The van der Waals surface area contributed by atoms with Gasteiger partial charge in [-0.2, -0.15) is 0 Å². The van der Waals surface area contributed by atoms with E-state index in [2.05, 4.69) is 10.3 Å². The number of ether oxygens (including phenoxy) is 1. The molecule has 1 fully saturated rings. The van der Waals surface area contributed by atoms with Crippen molar-refractivity contribution in [2.75, 3.05) is 20.2 Å². The molecule has 4 rings (SSSR count). The Morgan fingerprint density at radius 2 is 1.94 bits per heavy atom. The lowest BCUT2D eigenvalue weighted by molar-refractivity contribution is -0.383. The predicted octanol–water partition coefficient (Wildman–Crippen LogP) is 3.05. The molecule has 32 heavy (non-hydrogen) atoms. The van der Waals surface area contributed by atoms with Crippen LogP contribution in [0.5, 0.6) is 5.75 Å². The van der Waals surface area contributed by atoms with Crippen LogP contribution in [0, 0.1) is 10.1 Å². The summed E-state index contributed by atoms with van der Waals surface area (Å²) in [7, 11) is 1.59. The Kier molecular flexibility index (Phi) is 6.07. The van der Waals surface area contributed by atoms with Crippen molar-refractivity contribution in [3.05, 3.63) is 69.9 Å². The fourth-order valence-corrected chi connectivity index (χ4v) is 4.07. The van der Waals surface area contributed by atoms with Crippen LogP contribution in [0.15, 0.2) is 48.5 Å². The number of non-ortho nitro benzene ring substituents is 1. The first-order valence-corrected chi connectivity index (χ1v) is 10.4. The van der Waals surface area contributed by atoms with E-state index < -0.39 is 4.92 Å². The van der Waals surface area contributed by atoms with Crippen LogP contribution >= 0.6 is 0 Å². The number of carbonyl (C=O) groups excluding carboxylic acids is 2. The van der Waals surface area contributed by atoms with E-state index in [0.717, 1.165) is 5.56 Å². The van der Waals surface area contributed by atoms with Crippen molar-refractivity contribution in [1.29, 1.82) is 0 Å². The van der Waals surface area contributed by atoms with E-state index in [1.807, 2.05) is 24.3 Å². The van der Waals surface area contributed by atoms with Gasteiger partial charge in [0.15, 0.2) is 0 Å². The van der Waals surface area contributed by atoms with E-state index in [0.29, 0.717) is 42.6 Å². The highest BCUT2D eigenvalue weighted by atomic mass is 16.6. The smallest absolute Gasteiger partial charge is 0.293 e. The van der Waals surface area contributed by atoms with E-state index >= 15 is 0 Å². The molecule has 2 aromatic carbocycles. The number of para-hydroxylation sites is 2. The fraction of sp³-hybridized carbons (Fsp3) is 0.304. The van der Waals surface area contributed by atoms with E-state index in [9.17, 15) is 19.7 Å². The molecule has 3 aromatic rings. The predicted molar refractivity (Wildman–Crippen MR) is 119 cm³/mol. The van der Waals surface area contributed by atoms with Gasteiger partial charge in [0.2, 0.25) is 5.91 Å². The Hall–Kier alpha value is -3.88. The van der Waals surface area contributed by atoms with Crippen LogP contribution in [0.3, 0.4) is 0 Å². The summed E-state index contributed by atoms with van der Waals surface area (Å²) in [5, 5.41) is 14.8. The molecule has 0 bridgehead atoms. The molecule has 0 atom stereocenters. The topological polar surface area (TPSA) is 118 Å². The van der Waals surface area contributed by atoms with E-state index in [1.165, 1.54) is 6.07 Å². The number of methoxy groups -OCH3 is 1. The first-order chi connectivity index (χ1) is 15.5.